The molecule has 0 saturated carbocycles. The number of rotatable bonds is 2. The van der Waals surface area contributed by atoms with E-state index in [-0.39, 0.29) is 0 Å². The van der Waals surface area contributed by atoms with Crippen LogP contribution in [-0.2, 0) is 12.6 Å². The fourth-order valence-electron chi connectivity index (χ4n) is 2.31. The molecule has 21 heavy (non-hydrogen) atoms. The molecule has 0 amide bonds. The molecule has 0 aliphatic carbocycles. The van der Waals surface area contributed by atoms with Crippen molar-refractivity contribution >= 4 is 10.9 Å². The van der Waals surface area contributed by atoms with Crippen molar-refractivity contribution < 1.29 is 13.2 Å². The van der Waals surface area contributed by atoms with Crippen LogP contribution in [-0.4, -0.2) is 4.98 Å². The minimum Gasteiger partial charge on any atom is -0.256 e. The van der Waals surface area contributed by atoms with Gasteiger partial charge in [0.15, 0.2) is 0 Å². The second kappa shape index (κ2) is 5.20. The minimum atomic E-state index is -4.31. The van der Waals surface area contributed by atoms with Crippen LogP contribution in [0.2, 0.25) is 0 Å². The van der Waals surface area contributed by atoms with Gasteiger partial charge in [0, 0.05) is 11.6 Å². The fraction of sp³-hybridized carbons (Fsp3) is 0.118. The smallest absolute Gasteiger partial charge is 0.256 e. The number of halogens is 3. The molecule has 3 aromatic rings. The Kier molecular flexibility index (Phi) is 3.37. The van der Waals surface area contributed by atoms with Gasteiger partial charge in [-0.15, -0.1) is 0 Å². The first kappa shape index (κ1) is 13.6. The number of benzene rings is 2. The molecule has 4 heteroatoms. The zero-order valence-electron chi connectivity index (χ0n) is 11.1. The maximum atomic E-state index is 12.7. The van der Waals surface area contributed by atoms with Crippen molar-refractivity contribution in [3.63, 3.8) is 0 Å². The van der Waals surface area contributed by atoms with Gasteiger partial charge in [-0.05, 0) is 35.7 Å². The monoisotopic (exact) mass is 287 g/mol. The highest BCUT2D eigenvalue weighted by atomic mass is 19.4. The summed E-state index contributed by atoms with van der Waals surface area (Å²) >= 11 is 0. The molecule has 0 unspecified atom stereocenters. The zero-order valence-corrected chi connectivity index (χ0v) is 11.1. The van der Waals surface area contributed by atoms with Gasteiger partial charge in [-0.2, -0.15) is 13.2 Å². The van der Waals surface area contributed by atoms with Crippen LogP contribution in [0.5, 0.6) is 0 Å². The Labute approximate surface area is 120 Å². The molecule has 0 atom stereocenters. The number of pyridine rings is 1. The van der Waals surface area contributed by atoms with Gasteiger partial charge in [0.1, 0.15) is 0 Å². The van der Waals surface area contributed by atoms with E-state index in [2.05, 4.69) is 4.98 Å². The Hall–Kier alpha value is -2.36. The second-order valence-corrected chi connectivity index (χ2v) is 4.91. The topological polar surface area (TPSA) is 12.9 Å². The summed E-state index contributed by atoms with van der Waals surface area (Å²) in [4.78, 5) is 4.33. The maximum absolute atomic E-state index is 12.7. The van der Waals surface area contributed by atoms with Crippen molar-refractivity contribution in [1.82, 2.24) is 4.98 Å². The first-order valence-corrected chi connectivity index (χ1v) is 6.52. The molecule has 1 aromatic heterocycles. The summed E-state index contributed by atoms with van der Waals surface area (Å²) < 4.78 is 38.1. The van der Waals surface area contributed by atoms with Crippen molar-refractivity contribution in [1.29, 1.82) is 0 Å². The van der Waals surface area contributed by atoms with E-state index in [0.717, 1.165) is 22.5 Å². The lowest BCUT2D eigenvalue weighted by Crippen LogP contribution is -2.05. The van der Waals surface area contributed by atoms with Gasteiger partial charge < -0.3 is 0 Å². The Morgan fingerprint density at radius 1 is 0.857 bits per heavy atom. The molecule has 0 spiro atoms. The number of alkyl halides is 3. The van der Waals surface area contributed by atoms with Crippen molar-refractivity contribution in [2.24, 2.45) is 0 Å². The largest absolute Gasteiger partial charge is 0.416 e. The number of para-hydroxylation sites is 1. The third-order valence-corrected chi connectivity index (χ3v) is 3.31. The third kappa shape index (κ3) is 3.05. The molecule has 0 N–H and O–H groups in total. The van der Waals surface area contributed by atoms with E-state index >= 15 is 0 Å². The molecule has 0 fully saturated rings. The molecule has 2 aromatic carbocycles. The van der Waals surface area contributed by atoms with E-state index in [4.69, 9.17) is 0 Å². The second-order valence-electron chi connectivity index (χ2n) is 4.91. The van der Waals surface area contributed by atoms with E-state index in [9.17, 15) is 13.2 Å². The number of nitrogens with zero attached hydrogens (tertiary/aromatic N) is 1. The normalized spacial score (nSPS) is 11.8. The van der Waals surface area contributed by atoms with Gasteiger partial charge in [-0.25, -0.2) is 0 Å². The summed E-state index contributed by atoms with van der Waals surface area (Å²) in [6.07, 6.45) is -2.16. The van der Waals surface area contributed by atoms with Crippen molar-refractivity contribution in [2.45, 2.75) is 12.6 Å². The van der Waals surface area contributed by atoms with E-state index in [1.54, 1.807) is 12.3 Å². The molecular weight excluding hydrogens is 275 g/mol. The molecule has 0 radical (unpaired) electrons. The van der Waals surface area contributed by atoms with Gasteiger partial charge in [0.2, 0.25) is 0 Å². The number of fused-ring (bicyclic) bond motifs is 1. The molecule has 0 aliphatic heterocycles. The Bertz CT molecular complexity index is 778. The Morgan fingerprint density at radius 2 is 1.67 bits per heavy atom. The molecule has 0 saturated heterocycles. The molecule has 1 heterocycles. The first-order chi connectivity index (χ1) is 10.0. The SMILES string of the molecule is FC(F)(F)c1cccc(Cc2cnc3ccccc3c2)c1. The number of hydrogen-bond donors (Lipinski definition) is 0. The highest BCUT2D eigenvalue weighted by Crippen LogP contribution is 2.30. The van der Waals surface area contributed by atoms with Crippen LogP contribution in [0.15, 0.2) is 60.8 Å². The number of aromatic nitrogens is 1. The highest BCUT2D eigenvalue weighted by molar-refractivity contribution is 5.78. The molecule has 1 nitrogen and oxygen atoms in total. The molecule has 0 aliphatic rings. The van der Waals surface area contributed by atoms with E-state index in [0.29, 0.717) is 12.0 Å². The summed E-state index contributed by atoms with van der Waals surface area (Å²) in [7, 11) is 0. The van der Waals surface area contributed by atoms with Crippen molar-refractivity contribution in [3.8, 4) is 0 Å². The van der Waals surface area contributed by atoms with Crippen LogP contribution in [0.4, 0.5) is 13.2 Å². The van der Waals surface area contributed by atoms with Gasteiger partial charge in [-0.3, -0.25) is 4.98 Å². The summed E-state index contributed by atoms with van der Waals surface area (Å²) in [5.41, 5.74) is 1.79. The maximum Gasteiger partial charge on any atom is 0.416 e. The van der Waals surface area contributed by atoms with Crippen molar-refractivity contribution in [3.05, 3.63) is 77.5 Å². The molecular formula is C17H12F3N. The average Bonchev–Trinajstić information content (AvgIpc) is 2.46. The molecule has 0 bridgehead atoms. The van der Waals surface area contributed by atoms with Crippen LogP contribution < -0.4 is 0 Å². The Morgan fingerprint density at radius 3 is 2.48 bits per heavy atom. The van der Waals surface area contributed by atoms with Gasteiger partial charge in [-0.1, -0.05) is 36.4 Å². The Balaban J connectivity index is 1.91. The highest BCUT2D eigenvalue weighted by Gasteiger charge is 2.30. The first-order valence-electron chi connectivity index (χ1n) is 6.52. The van der Waals surface area contributed by atoms with Gasteiger partial charge in [0.25, 0.3) is 0 Å². The van der Waals surface area contributed by atoms with E-state index < -0.39 is 11.7 Å². The lowest BCUT2D eigenvalue weighted by molar-refractivity contribution is -0.137. The molecule has 3 rings (SSSR count). The zero-order chi connectivity index (χ0) is 14.9. The van der Waals surface area contributed by atoms with Gasteiger partial charge >= 0.3 is 6.18 Å². The van der Waals surface area contributed by atoms with E-state index in [1.807, 2.05) is 30.3 Å². The van der Waals surface area contributed by atoms with E-state index in [1.165, 1.54) is 12.1 Å². The lowest BCUT2D eigenvalue weighted by Gasteiger charge is -2.09. The molecule has 106 valence electrons. The van der Waals surface area contributed by atoms with Crippen LogP contribution >= 0.6 is 0 Å². The van der Waals surface area contributed by atoms with Gasteiger partial charge in [0.05, 0.1) is 11.1 Å². The quantitative estimate of drug-likeness (QED) is 0.657. The van der Waals surface area contributed by atoms with Crippen LogP contribution in [0.25, 0.3) is 10.9 Å². The standard InChI is InChI=1S/C17H12F3N/c18-17(19,20)15-6-3-4-12(10-15)8-13-9-14-5-1-2-7-16(14)21-11-13/h1-7,9-11H,8H2. The third-order valence-electron chi connectivity index (χ3n) is 3.31. The summed E-state index contributed by atoms with van der Waals surface area (Å²) in [6, 6.07) is 15.0. The summed E-state index contributed by atoms with van der Waals surface area (Å²) in [5, 5.41) is 0.988. The van der Waals surface area contributed by atoms with Crippen LogP contribution in [0.1, 0.15) is 16.7 Å². The lowest BCUT2D eigenvalue weighted by atomic mass is 10.0. The van der Waals surface area contributed by atoms with Crippen LogP contribution in [0.3, 0.4) is 0 Å². The minimum absolute atomic E-state index is 0.432. The average molecular weight is 287 g/mol. The summed E-state index contributed by atoms with van der Waals surface area (Å²) in [5.74, 6) is 0. The van der Waals surface area contributed by atoms with Crippen molar-refractivity contribution in [2.75, 3.05) is 0 Å². The predicted octanol–water partition coefficient (Wildman–Crippen LogP) is 4.84. The summed E-state index contributed by atoms with van der Waals surface area (Å²) in [6.45, 7) is 0. The predicted molar refractivity (Wildman–Crippen MR) is 76.0 cm³/mol. The number of hydrogen-bond acceptors (Lipinski definition) is 1. The fourth-order valence-corrected chi connectivity index (χ4v) is 2.31. The van der Waals surface area contributed by atoms with Crippen LogP contribution in [0, 0.1) is 0 Å².